The fraction of sp³-hybridized carbons (Fsp3) is 0.708. The topological polar surface area (TPSA) is 114 Å². The molecular weight excluding hydrogens is 481 g/mol. The van der Waals surface area contributed by atoms with Crippen LogP contribution in [0.3, 0.4) is 0 Å². The summed E-state index contributed by atoms with van der Waals surface area (Å²) in [5.74, 6) is 0.245. The lowest BCUT2D eigenvalue weighted by molar-refractivity contribution is -0.134. The zero-order valence-electron chi connectivity index (χ0n) is 21.0. The average molecular weight is 520 g/mol. The van der Waals surface area contributed by atoms with Crippen molar-refractivity contribution in [2.75, 3.05) is 26.9 Å². The summed E-state index contributed by atoms with van der Waals surface area (Å²) < 4.78 is 26.9. The van der Waals surface area contributed by atoms with E-state index in [2.05, 4.69) is 30.6 Å². The van der Waals surface area contributed by atoms with Crippen LogP contribution in [0.1, 0.15) is 71.0 Å². The van der Waals surface area contributed by atoms with Crippen molar-refractivity contribution in [3.8, 4) is 5.75 Å². The molecule has 0 radical (unpaired) electrons. The first kappa shape index (κ1) is 29.2. The molecule has 2 atom stereocenters. The molecule has 1 aliphatic rings. The van der Waals surface area contributed by atoms with E-state index in [0.717, 1.165) is 24.0 Å². The highest BCUT2D eigenvalue weighted by Crippen LogP contribution is 2.49. The van der Waals surface area contributed by atoms with E-state index in [1.807, 2.05) is 26.0 Å². The number of ketones is 1. The Labute approximate surface area is 207 Å². The van der Waals surface area contributed by atoms with Crippen LogP contribution in [0.5, 0.6) is 5.75 Å². The van der Waals surface area contributed by atoms with Gasteiger partial charge in [-0.1, -0.05) is 46.2 Å². The van der Waals surface area contributed by atoms with Crippen molar-refractivity contribution in [2.24, 2.45) is 10.8 Å². The average Bonchev–Trinajstić information content (AvgIpc) is 2.75. The molecule has 0 saturated carbocycles. The lowest BCUT2D eigenvalue weighted by Crippen LogP contribution is -2.54. The third-order valence-electron chi connectivity index (χ3n) is 6.83. The van der Waals surface area contributed by atoms with Gasteiger partial charge in [0.25, 0.3) is 0 Å². The Kier molecular flexibility index (Phi) is 10.2. The summed E-state index contributed by atoms with van der Waals surface area (Å²) in [6.07, 6.45) is 2.40. The maximum atomic E-state index is 13.4. The molecule has 1 aromatic carbocycles. The number of phosphoric acid groups is 1. The van der Waals surface area contributed by atoms with Gasteiger partial charge in [-0.15, -0.1) is 0 Å². The summed E-state index contributed by atoms with van der Waals surface area (Å²) in [7, 11) is -3.13. The summed E-state index contributed by atoms with van der Waals surface area (Å²) in [6, 6.07) is 3.48. The van der Waals surface area contributed by atoms with Crippen molar-refractivity contribution < 1.29 is 33.1 Å². The molecule has 2 unspecified atom stereocenters. The molecule has 0 saturated heterocycles. The molecule has 0 aliphatic carbocycles. The van der Waals surface area contributed by atoms with Gasteiger partial charge in [0.05, 0.1) is 17.0 Å². The zero-order valence-corrected chi connectivity index (χ0v) is 22.7. The molecule has 0 spiro atoms. The third-order valence-corrected chi connectivity index (χ3v) is 7.59. The molecular formula is C24H39ClNO7P. The van der Waals surface area contributed by atoms with Crippen molar-refractivity contribution in [3.05, 3.63) is 28.3 Å². The summed E-state index contributed by atoms with van der Waals surface area (Å²) in [4.78, 5) is 31.7. The molecule has 0 aromatic heterocycles. The zero-order chi connectivity index (χ0) is 25.7. The smallest absolute Gasteiger partial charge is 0.470 e. The van der Waals surface area contributed by atoms with Crippen LogP contribution in [0.25, 0.3) is 0 Å². The van der Waals surface area contributed by atoms with Gasteiger partial charge < -0.3 is 24.6 Å². The minimum Gasteiger partial charge on any atom is -0.492 e. The van der Waals surface area contributed by atoms with Gasteiger partial charge in [-0.2, -0.15) is 0 Å². The quantitative estimate of drug-likeness (QED) is 0.265. The van der Waals surface area contributed by atoms with E-state index in [9.17, 15) is 9.36 Å². The maximum absolute atomic E-state index is 13.4. The fourth-order valence-corrected chi connectivity index (χ4v) is 5.15. The lowest BCUT2D eigenvalue weighted by Gasteiger charge is -2.47. The van der Waals surface area contributed by atoms with Crippen LogP contribution in [-0.2, 0) is 25.0 Å². The van der Waals surface area contributed by atoms with Crippen LogP contribution in [0.15, 0.2) is 12.1 Å². The minimum atomic E-state index is -4.77. The Balaban J connectivity index is 2.52. The molecule has 8 nitrogen and oxygen atoms in total. The second-order valence-corrected chi connectivity index (χ2v) is 11.6. The number of methoxy groups -OCH3 is 1. The van der Waals surface area contributed by atoms with Crippen LogP contribution in [0.4, 0.5) is 0 Å². The molecule has 0 bridgehead atoms. The van der Waals surface area contributed by atoms with E-state index in [4.69, 9.17) is 30.9 Å². The molecule has 3 N–H and O–H groups in total. The highest BCUT2D eigenvalue weighted by molar-refractivity contribution is 7.46. The lowest BCUT2D eigenvalue weighted by atomic mass is 9.65. The molecule has 10 heteroatoms. The summed E-state index contributed by atoms with van der Waals surface area (Å²) in [6.45, 7) is 10.7. The highest BCUT2D eigenvalue weighted by Gasteiger charge is 2.48. The van der Waals surface area contributed by atoms with Crippen molar-refractivity contribution in [1.82, 2.24) is 5.32 Å². The monoisotopic (exact) mass is 519 g/mol. The van der Waals surface area contributed by atoms with Crippen molar-refractivity contribution in [1.29, 1.82) is 0 Å². The van der Waals surface area contributed by atoms with Crippen LogP contribution in [-0.4, -0.2) is 48.5 Å². The maximum Gasteiger partial charge on any atom is 0.470 e. The van der Waals surface area contributed by atoms with Gasteiger partial charge in [-0.25, -0.2) is 4.57 Å². The first-order valence-electron chi connectivity index (χ1n) is 11.7. The number of phosphoric ester groups is 1. The molecule has 34 heavy (non-hydrogen) atoms. The van der Waals surface area contributed by atoms with Gasteiger partial charge >= 0.3 is 7.82 Å². The largest absolute Gasteiger partial charge is 0.492 e. The van der Waals surface area contributed by atoms with Gasteiger partial charge in [0.15, 0.2) is 5.78 Å². The first-order chi connectivity index (χ1) is 15.8. The first-order valence-corrected chi connectivity index (χ1v) is 13.6. The number of nitrogens with one attached hydrogen (secondary N) is 1. The predicted octanol–water partition coefficient (Wildman–Crippen LogP) is 4.84. The van der Waals surface area contributed by atoms with E-state index in [1.54, 1.807) is 7.11 Å². The van der Waals surface area contributed by atoms with E-state index >= 15 is 0 Å². The number of hydrogen-bond donors (Lipinski definition) is 3. The van der Waals surface area contributed by atoms with Crippen LogP contribution < -0.4 is 10.1 Å². The minimum absolute atomic E-state index is 0.0560. The Morgan fingerprint density at radius 1 is 1.21 bits per heavy atom. The van der Waals surface area contributed by atoms with Gasteiger partial charge in [0, 0.05) is 32.2 Å². The van der Waals surface area contributed by atoms with E-state index in [-0.39, 0.29) is 17.2 Å². The Morgan fingerprint density at radius 3 is 2.38 bits per heavy atom. The molecule has 194 valence electrons. The number of Topliss-reactive ketones (excluding diaryl/α,β-unsaturated/α-hetero) is 1. The third kappa shape index (κ3) is 7.03. The summed E-state index contributed by atoms with van der Waals surface area (Å²) in [5, 5.41) is 4.15. The molecule has 2 rings (SSSR count). The van der Waals surface area contributed by atoms with Crippen molar-refractivity contribution >= 4 is 25.2 Å². The standard InChI is InChI=1S/C24H39ClNO7P/c1-7-24(8-2,21(27)15-33-34(28,29)30)22-17-14-18(25)19(32-11-9-10-31-6)12-16(17)13-20(26-22)23(3,4)5/h12,14,20,22,26H,7-11,13,15H2,1-6H3,(H2,28,29,30). The number of fused-ring (bicyclic) bond motifs is 1. The number of rotatable bonds is 12. The van der Waals surface area contributed by atoms with Gasteiger partial charge in [0.2, 0.25) is 0 Å². The Morgan fingerprint density at radius 2 is 1.85 bits per heavy atom. The van der Waals surface area contributed by atoms with Crippen LogP contribution >= 0.6 is 19.4 Å². The van der Waals surface area contributed by atoms with Gasteiger partial charge in [0.1, 0.15) is 12.4 Å². The molecule has 1 heterocycles. The number of halogens is 1. The Bertz CT molecular complexity index is 892. The molecule has 1 aromatic rings. The number of benzene rings is 1. The number of carbonyl (C=O) groups is 1. The Hall–Kier alpha value is -0.990. The molecule has 0 fully saturated rings. The predicted molar refractivity (Wildman–Crippen MR) is 132 cm³/mol. The number of ether oxygens (including phenoxy) is 2. The second-order valence-electron chi connectivity index (χ2n) is 9.95. The molecule has 0 amide bonds. The normalized spacial score (nSPS) is 19.1. The summed E-state index contributed by atoms with van der Waals surface area (Å²) >= 11 is 6.61. The number of carbonyl (C=O) groups excluding carboxylic acids is 1. The van der Waals surface area contributed by atoms with Gasteiger partial charge in [-0.05, 0) is 47.9 Å². The van der Waals surface area contributed by atoms with Crippen LogP contribution in [0, 0.1) is 10.8 Å². The second kappa shape index (κ2) is 11.8. The summed E-state index contributed by atoms with van der Waals surface area (Å²) in [5.41, 5.74) is 0.916. The van der Waals surface area contributed by atoms with Crippen molar-refractivity contribution in [2.45, 2.75) is 72.4 Å². The van der Waals surface area contributed by atoms with E-state index < -0.39 is 25.9 Å². The van der Waals surface area contributed by atoms with E-state index in [0.29, 0.717) is 36.8 Å². The SMILES string of the molecule is CCC(CC)(C(=O)COP(=O)(O)O)C1NC(C(C)(C)C)Cc2cc(OCCCOC)c(Cl)cc21. The molecule has 1 aliphatic heterocycles. The van der Waals surface area contributed by atoms with Crippen molar-refractivity contribution in [3.63, 3.8) is 0 Å². The highest BCUT2D eigenvalue weighted by atomic mass is 35.5. The number of hydrogen-bond acceptors (Lipinski definition) is 6. The fourth-order valence-electron chi connectivity index (χ4n) is 4.64. The van der Waals surface area contributed by atoms with Crippen LogP contribution in [0.2, 0.25) is 5.02 Å². The van der Waals surface area contributed by atoms with E-state index in [1.165, 1.54) is 0 Å². The van der Waals surface area contributed by atoms with Gasteiger partial charge in [-0.3, -0.25) is 9.32 Å².